The van der Waals surface area contributed by atoms with E-state index in [9.17, 15) is 4.79 Å². The van der Waals surface area contributed by atoms with Gasteiger partial charge in [0.25, 0.3) is 0 Å². The summed E-state index contributed by atoms with van der Waals surface area (Å²) in [5, 5.41) is 8.64. The van der Waals surface area contributed by atoms with Crippen molar-refractivity contribution in [1.29, 1.82) is 0 Å². The van der Waals surface area contributed by atoms with Gasteiger partial charge in [0, 0.05) is 23.2 Å². The number of rotatable bonds is 7. The normalized spacial score (nSPS) is 12.0. The van der Waals surface area contributed by atoms with Crippen LogP contribution in [0.5, 0.6) is 0 Å². The molecule has 2 aromatic rings. The summed E-state index contributed by atoms with van der Waals surface area (Å²) in [5.41, 5.74) is 0. The molecule has 0 saturated heterocycles. The van der Waals surface area contributed by atoms with E-state index in [-0.39, 0.29) is 17.9 Å². The van der Waals surface area contributed by atoms with Gasteiger partial charge in [-0.25, -0.2) is 0 Å². The predicted molar refractivity (Wildman–Crippen MR) is 94.2 cm³/mol. The molecule has 124 valence electrons. The van der Waals surface area contributed by atoms with E-state index in [4.69, 9.17) is 11.6 Å². The number of carbonyl (C=O) groups is 1. The van der Waals surface area contributed by atoms with Gasteiger partial charge in [-0.1, -0.05) is 18.5 Å². The highest BCUT2D eigenvalue weighted by Crippen LogP contribution is 2.21. The molecule has 0 saturated carbocycles. The first-order chi connectivity index (χ1) is 11.0. The van der Waals surface area contributed by atoms with Gasteiger partial charge in [0.2, 0.25) is 17.8 Å². The second kappa shape index (κ2) is 8.21. The van der Waals surface area contributed by atoms with E-state index in [1.54, 1.807) is 18.3 Å². The Hall–Kier alpha value is -1.73. The van der Waals surface area contributed by atoms with Crippen LogP contribution in [0.2, 0.25) is 5.02 Å². The van der Waals surface area contributed by atoms with E-state index in [0.717, 1.165) is 24.3 Å². The third kappa shape index (κ3) is 5.76. The standard InChI is InChI=1S/C15H20ClN5OS/c1-4-12(5-6-13-7-11(16)8-23-13)20-15-18-9(2)17-14(21-15)19-10(3)22/h7-8,12H,4-6H2,1-3H3,(H2,17,18,19,20,21,22). The zero-order valence-electron chi connectivity index (χ0n) is 13.4. The predicted octanol–water partition coefficient (Wildman–Crippen LogP) is 3.68. The molecule has 1 atom stereocenters. The summed E-state index contributed by atoms with van der Waals surface area (Å²) in [6.07, 6.45) is 2.85. The van der Waals surface area contributed by atoms with Gasteiger partial charge in [-0.3, -0.25) is 10.1 Å². The Kier molecular flexibility index (Phi) is 6.29. The quantitative estimate of drug-likeness (QED) is 0.793. The number of thiophene rings is 1. The fourth-order valence-corrected chi connectivity index (χ4v) is 3.21. The van der Waals surface area contributed by atoms with Crippen molar-refractivity contribution in [3.05, 3.63) is 27.2 Å². The van der Waals surface area contributed by atoms with Gasteiger partial charge in [-0.2, -0.15) is 15.0 Å². The van der Waals surface area contributed by atoms with Gasteiger partial charge >= 0.3 is 0 Å². The first-order valence-electron chi connectivity index (χ1n) is 7.46. The Morgan fingerprint density at radius 3 is 2.70 bits per heavy atom. The molecule has 2 heterocycles. The number of hydrogen-bond donors (Lipinski definition) is 2. The Bertz CT molecular complexity index is 676. The SMILES string of the molecule is CCC(CCc1cc(Cl)cs1)Nc1nc(C)nc(NC(C)=O)n1. The number of hydrogen-bond acceptors (Lipinski definition) is 6. The molecule has 0 spiro atoms. The molecule has 2 rings (SSSR count). The molecule has 2 aromatic heterocycles. The second-order valence-corrected chi connectivity index (χ2v) is 6.66. The molecule has 0 fully saturated rings. The lowest BCUT2D eigenvalue weighted by Crippen LogP contribution is -2.22. The van der Waals surface area contributed by atoms with Crippen LogP contribution in [-0.2, 0) is 11.2 Å². The Morgan fingerprint density at radius 1 is 1.35 bits per heavy atom. The number of halogens is 1. The van der Waals surface area contributed by atoms with Crippen molar-refractivity contribution in [1.82, 2.24) is 15.0 Å². The van der Waals surface area contributed by atoms with E-state index in [0.29, 0.717) is 11.8 Å². The Balaban J connectivity index is 2.00. The van der Waals surface area contributed by atoms with Gasteiger partial charge in [-0.15, -0.1) is 11.3 Å². The summed E-state index contributed by atoms with van der Waals surface area (Å²) in [5.74, 6) is 1.11. The minimum Gasteiger partial charge on any atom is -0.351 e. The molecular weight excluding hydrogens is 334 g/mol. The van der Waals surface area contributed by atoms with E-state index >= 15 is 0 Å². The van der Waals surface area contributed by atoms with Crippen LogP contribution in [-0.4, -0.2) is 26.9 Å². The molecule has 0 aromatic carbocycles. The molecule has 0 bridgehead atoms. The summed E-state index contributed by atoms with van der Waals surface area (Å²) in [6, 6.07) is 2.24. The largest absolute Gasteiger partial charge is 0.351 e. The molecule has 1 unspecified atom stereocenters. The maximum Gasteiger partial charge on any atom is 0.234 e. The zero-order valence-corrected chi connectivity index (χ0v) is 15.0. The van der Waals surface area contributed by atoms with Crippen molar-refractivity contribution in [2.45, 2.75) is 46.1 Å². The molecule has 0 aliphatic carbocycles. The fraction of sp³-hybridized carbons (Fsp3) is 0.467. The highest BCUT2D eigenvalue weighted by atomic mass is 35.5. The number of aromatic nitrogens is 3. The highest BCUT2D eigenvalue weighted by Gasteiger charge is 2.11. The molecule has 0 radical (unpaired) electrons. The lowest BCUT2D eigenvalue weighted by atomic mass is 10.1. The van der Waals surface area contributed by atoms with Crippen LogP contribution in [0, 0.1) is 6.92 Å². The number of aryl methyl sites for hydroxylation is 2. The third-order valence-corrected chi connectivity index (χ3v) is 4.57. The van der Waals surface area contributed by atoms with E-state index in [1.165, 1.54) is 11.8 Å². The van der Waals surface area contributed by atoms with E-state index in [1.807, 2.05) is 11.4 Å². The zero-order chi connectivity index (χ0) is 16.8. The first-order valence-corrected chi connectivity index (χ1v) is 8.71. The maximum absolute atomic E-state index is 11.1. The third-order valence-electron chi connectivity index (χ3n) is 3.22. The highest BCUT2D eigenvalue weighted by molar-refractivity contribution is 7.10. The average Bonchev–Trinajstić information content (AvgIpc) is 2.87. The van der Waals surface area contributed by atoms with Crippen LogP contribution in [0.25, 0.3) is 0 Å². The van der Waals surface area contributed by atoms with E-state index in [2.05, 4.69) is 32.5 Å². The lowest BCUT2D eigenvalue weighted by Gasteiger charge is -2.17. The number of nitrogens with zero attached hydrogens (tertiary/aromatic N) is 3. The van der Waals surface area contributed by atoms with Crippen LogP contribution >= 0.6 is 22.9 Å². The van der Waals surface area contributed by atoms with E-state index < -0.39 is 0 Å². The average molecular weight is 354 g/mol. The topological polar surface area (TPSA) is 79.8 Å². The summed E-state index contributed by atoms with van der Waals surface area (Å²) >= 11 is 7.62. The summed E-state index contributed by atoms with van der Waals surface area (Å²) in [7, 11) is 0. The van der Waals surface area contributed by atoms with Crippen LogP contribution in [0.3, 0.4) is 0 Å². The fourth-order valence-electron chi connectivity index (χ4n) is 2.12. The molecular formula is C15H20ClN5OS. The summed E-state index contributed by atoms with van der Waals surface area (Å²) < 4.78 is 0. The maximum atomic E-state index is 11.1. The minimum atomic E-state index is -0.205. The van der Waals surface area contributed by atoms with Crippen molar-refractivity contribution in [2.75, 3.05) is 10.6 Å². The van der Waals surface area contributed by atoms with Crippen LogP contribution < -0.4 is 10.6 Å². The van der Waals surface area contributed by atoms with Crippen molar-refractivity contribution in [3.63, 3.8) is 0 Å². The number of nitrogens with one attached hydrogen (secondary N) is 2. The number of amides is 1. The van der Waals surface area contributed by atoms with Crippen LogP contribution in [0.15, 0.2) is 11.4 Å². The molecule has 2 N–H and O–H groups in total. The van der Waals surface area contributed by atoms with Gasteiger partial charge in [0.1, 0.15) is 5.82 Å². The number of anilines is 2. The van der Waals surface area contributed by atoms with Gasteiger partial charge in [-0.05, 0) is 32.3 Å². The van der Waals surface area contributed by atoms with Crippen molar-refractivity contribution in [2.24, 2.45) is 0 Å². The van der Waals surface area contributed by atoms with Gasteiger partial charge in [0.05, 0.1) is 5.02 Å². The smallest absolute Gasteiger partial charge is 0.234 e. The molecule has 0 aliphatic rings. The first kappa shape index (κ1) is 17.6. The monoisotopic (exact) mass is 353 g/mol. The van der Waals surface area contributed by atoms with Crippen LogP contribution in [0.4, 0.5) is 11.9 Å². The van der Waals surface area contributed by atoms with Crippen molar-refractivity contribution >= 4 is 40.7 Å². The number of carbonyl (C=O) groups excluding carboxylic acids is 1. The van der Waals surface area contributed by atoms with Crippen molar-refractivity contribution < 1.29 is 4.79 Å². The van der Waals surface area contributed by atoms with Crippen molar-refractivity contribution in [3.8, 4) is 0 Å². The van der Waals surface area contributed by atoms with Gasteiger partial charge in [0.15, 0.2) is 0 Å². The lowest BCUT2D eigenvalue weighted by molar-refractivity contribution is -0.114. The second-order valence-electron chi connectivity index (χ2n) is 5.23. The van der Waals surface area contributed by atoms with Crippen LogP contribution in [0.1, 0.15) is 37.4 Å². The molecule has 8 heteroatoms. The Labute approximate surface area is 144 Å². The van der Waals surface area contributed by atoms with Gasteiger partial charge < -0.3 is 5.32 Å². The minimum absolute atomic E-state index is 0.205. The summed E-state index contributed by atoms with van der Waals surface area (Å²) in [4.78, 5) is 25.0. The summed E-state index contributed by atoms with van der Waals surface area (Å²) in [6.45, 7) is 5.31. The molecule has 1 amide bonds. The Morgan fingerprint density at radius 2 is 2.09 bits per heavy atom. The molecule has 0 aliphatic heterocycles. The molecule has 23 heavy (non-hydrogen) atoms. The molecule has 6 nitrogen and oxygen atoms in total.